The minimum atomic E-state index is -0.777. The fourth-order valence-electron chi connectivity index (χ4n) is 3.09. The largest absolute Gasteiger partial charge is 0.495 e. The van der Waals surface area contributed by atoms with Crippen LogP contribution in [-0.4, -0.2) is 58.8 Å². The fraction of sp³-hybridized carbons (Fsp3) is 0.467. The Morgan fingerprint density at radius 2 is 2.04 bits per heavy atom. The van der Waals surface area contributed by atoms with Gasteiger partial charge in [0.1, 0.15) is 23.3 Å². The summed E-state index contributed by atoms with van der Waals surface area (Å²) in [6.07, 6.45) is -0.846. The zero-order valence-corrected chi connectivity index (χ0v) is 15.5. The van der Waals surface area contributed by atoms with Crippen molar-refractivity contribution >= 4 is 29.6 Å². The Bertz CT molecular complexity index is 929. The summed E-state index contributed by atoms with van der Waals surface area (Å²) < 4.78 is 24.7. The molecule has 26 heavy (non-hydrogen) atoms. The molecule has 4 rings (SSSR count). The highest BCUT2D eigenvalue weighted by atomic mass is 35.5. The maximum Gasteiger partial charge on any atom is 0.221 e. The lowest BCUT2D eigenvalue weighted by atomic mass is 10.0. The van der Waals surface area contributed by atoms with Gasteiger partial charge in [-0.05, 0) is 22.6 Å². The van der Waals surface area contributed by atoms with Crippen molar-refractivity contribution in [1.82, 2.24) is 19.8 Å². The predicted octanol–water partition coefficient (Wildman–Crippen LogP) is 1.72. The lowest BCUT2D eigenvalue weighted by Crippen LogP contribution is -2.37. The zero-order valence-electron chi connectivity index (χ0n) is 13.9. The van der Waals surface area contributed by atoms with E-state index in [1.54, 1.807) is 12.1 Å². The molecule has 3 heterocycles. The molecule has 2 saturated heterocycles. The van der Waals surface area contributed by atoms with Crippen LogP contribution in [0.1, 0.15) is 12.5 Å². The molecule has 3 unspecified atom stereocenters. The van der Waals surface area contributed by atoms with Crippen molar-refractivity contribution in [3.63, 3.8) is 0 Å². The molecule has 1 aromatic carbocycles. The number of halogens is 1. The summed E-state index contributed by atoms with van der Waals surface area (Å²) in [7, 11) is 3.02. The van der Waals surface area contributed by atoms with E-state index in [4.69, 9.17) is 42.8 Å². The quantitative estimate of drug-likeness (QED) is 0.719. The van der Waals surface area contributed by atoms with E-state index >= 15 is 0 Å². The van der Waals surface area contributed by atoms with Gasteiger partial charge in [-0.25, -0.2) is 4.68 Å². The summed E-state index contributed by atoms with van der Waals surface area (Å²) >= 11 is 11.7. The number of tetrazole rings is 1. The summed E-state index contributed by atoms with van der Waals surface area (Å²) in [5.74, 6) is 0.771. The van der Waals surface area contributed by atoms with E-state index in [0.717, 1.165) is 0 Å². The smallest absolute Gasteiger partial charge is 0.221 e. The average molecular weight is 399 g/mol. The van der Waals surface area contributed by atoms with Crippen LogP contribution in [-0.2, 0) is 14.3 Å². The van der Waals surface area contributed by atoms with Gasteiger partial charge >= 0.3 is 0 Å². The third kappa shape index (κ3) is 2.69. The van der Waals surface area contributed by atoms with Crippen molar-refractivity contribution in [2.24, 2.45) is 0 Å². The molecule has 0 N–H and O–H groups in total. The van der Waals surface area contributed by atoms with Crippen LogP contribution in [0.4, 0.5) is 0 Å². The zero-order chi connectivity index (χ0) is 18.4. The number of ether oxygens (including phenoxy) is 4. The summed E-state index contributed by atoms with van der Waals surface area (Å²) in [6, 6.07) is 2.90. The number of nitrogens with zero attached hydrogens (tertiary/aromatic N) is 4. The Balaban J connectivity index is 1.77. The SMILES string of the molecule is COc1cc(-n2nnn(C3CC(=O)C4OCC3O4)c2=S)c(OC)cc1Cl. The number of hydrogen-bond donors (Lipinski definition) is 0. The minimum Gasteiger partial charge on any atom is -0.495 e. The van der Waals surface area contributed by atoms with Gasteiger partial charge in [0.05, 0.1) is 31.9 Å². The third-order valence-corrected chi connectivity index (χ3v) is 5.07. The number of aromatic nitrogens is 4. The van der Waals surface area contributed by atoms with E-state index in [1.165, 1.54) is 23.6 Å². The standard InChI is InChI=1S/C15H15ClN4O5S/c1-22-11-5-9(12(23-2)3-7(11)16)20-15(26)19(17-18-20)8-4-10(21)14-24-6-13(8)25-14/h3,5,8,13-14H,4,6H2,1-2H3. The highest BCUT2D eigenvalue weighted by molar-refractivity contribution is 7.71. The average Bonchev–Trinajstić information content (AvgIpc) is 3.23. The Morgan fingerprint density at radius 1 is 1.27 bits per heavy atom. The van der Waals surface area contributed by atoms with Crippen molar-refractivity contribution in [2.75, 3.05) is 20.8 Å². The molecule has 2 aromatic rings. The molecule has 1 aromatic heterocycles. The highest BCUT2D eigenvalue weighted by Crippen LogP contribution is 2.36. The summed E-state index contributed by atoms with van der Waals surface area (Å²) in [5.41, 5.74) is 0.522. The van der Waals surface area contributed by atoms with Gasteiger partial charge in [0, 0.05) is 18.6 Å². The van der Waals surface area contributed by atoms with Gasteiger partial charge in [-0.1, -0.05) is 11.6 Å². The third-order valence-electron chi connectivity index (χ3n) is 4.41. The normalized spacial score (nSPS) is 24.7. The Morgan fingerprint density at radius 3 is 2.77 bits per heavy atom. The van der Waals surface area contributed by atoms with Crippen LogP contribution in [0.25, 0.3) is 5.69 Å². The first-order chi connectivity index (χ1) is 12.5. The number of ketones is 1. The van der Waals surface area contributed by atoms with Crippen LogP contribution in [0.2, 0.25) is 5.02 Å². The van der Waals surface area contributed by atoms with E-state index in [2.05, 4.69) is 10.4 Å². The van der Waals surface area contributed by atoms with Crippen LogP contribution in [0.5, 0.6) is 11.5 Å². The summed E-state index contributed by atoms with van der Waals surface area (Å²) in [6.45, 7) is 0.313. The summed E-state index contributed by atoms with van der Waals surface area (Å²) in [5, 5.41) is 8.65. The number of hydrogen-bond acceptors (Lipinski definition) is 8. The van der Waals surface area contributed by atoms with E-state index < -0.39 is 6.29 Å². The second kappa shape index (κ2) is 6.62. The van der Waals surface area contributed by atoms with Gasteiger partial charge in [-0.2, -0.15) is 4.68 Å². The molecular weight excluding hydrogens is 384 g/mol. The maximum absolute atomic E-state index is 12.0. The monoisotopic (exact) mass is 398 g/mol. The van der Waals surface area contributed by atoms with Crippen molar-refractivity contribution in [3.8, 4) is 17.2 Å². The van der Waals surface area contributed by atoms with E-state index in [0.29, 0.717) is 33.6 Å². The van der Waals surface area contributed by atoms with E-state index in [9.17, 15) is 4.79 Å². The number of carbonyl (C=O) groups excluding carboxylic acids is 1. The van der Waals surface area contributed by atoms with Crippen LogP contribution in [0.3, 0.4) is 0 Å². The first-order valence-electron chi connectivity index (χ1n) is 7.79. The second-order valence-electron chi connectivity index (χ2n) is 5.85. The Labute approximate surface area is 158 Å². The predicted molar refractivity (Wildman–Crippen MR) is 91.6 cm³/mol. The van der Waals surface area contributed by atoms with Gasteiger partial charge in [0.25, 0.3) is 0 Å². The number of Topliss-reactive ketones (excluding diaryl/α,β-unsaturated/α-hetero) is 1. The molecule has 2 bridgehead atoms. The first-order valence-corrected chi connectivity index (χ1v) is 8.58. The van der Waals surface area contributed by atoms with E-state index in [1.807, 2.05) is 0 Å². The fourth-order valence-corrected chi connectivity index (χ4v) is 3.63. The van der Waals surface area contributed by atoms with Crippen molar-refractivity contribution < 1.29 is 23.7 Å². The molecule has 9 nitrogen and oxygen atoms in total. The van der Waals surface area contributed by atoms with Gasteiger partial charge in [-0.15, -0.1) is 0 Å². The molecule has 0 radical (unpaired) electrons. The molecule has 0 amide bonds. The van der Waals surface area contributed by atoms with Crippen molar-refractivity contribution in [1.29, 1.82) is 0 Å². The molecule has 3 atom stereocenters. The van der Waals surface area contributed by atoms with Crippen LogP contribution < -0.4 is 9.47 Å². The number of rotatable bonds is 4. The number of carbonyl (C=O) groups is 1. The Hall–Kier alpha value is -2.01. The second-order valence-corrected chi connectivity index (χ2v) is 6.63. The van der Waals surface area contributed by atoms with Gasteiger partial charge < -0.3 is 18.9 Å². The molecule has 0 saturated carbocycles. The van der Waals surface area contributed by atoms with Gasteiger partial charge in [-0.3, -0.25) is 4.79 Å². The van der Waals surface area contributed by atoms with Crippen molar-refractivity contribution in [3.05, 3.63) is 21.9 Å². The topological polar surface area (TPSA) is 89.6 Å². The molecule has 2 aliphatic rings. The number of benzene rings is 1. The van der Waals surface area contributed by atoms with Crippen molar-refractivity contribution in [2.45, 2.75) is 24.9 Å². The molecule has 138 valence electrons. The first kappa shape index (κ1) is 17.4. The molecule has 0 spiro atoms. The van der Waals surface area contributed by atoms with Crippen LogP contribution in [0, 0.1) is 4.77 Å². The molecule has 0 aliphatic carbocycles. The minimum absolute atomic E-state index is 0.133. The number of fused-ring (bicyclic) bond motifs is 2. The van der Waals surface area contributed by atoms with Crippen LogP contribution in [0.15, 0.2) is 12.1 Å². The molecule has 11 heteroatoms. The van der Waals surface area contributed by atoms with E-state index in [-0.39, 0.29) is 24.3 Å². The molecule has 2 aliphatic heterocycles. The number of methoxy groups -OCH3 is 2. The lowest BCUT2D eigenvalue weighted by molar-refractivity contribution is -0.156. The highest BCUT2D eigenvalue weighted by Gasteiger charge is 2.45. The maximum atomic E-state index is 12.0. The molecule has 2 fully saturated rings. The van der Waals surface area contributed by atoms with Gasteiger partial charge in [0.15, 0.2) is 5.78 Å². The summed E-state index contributed by atoms with van der Waals surface area (Å²) in [4.78, 5) is 12.0. The van der Waals surface area contributed by atoms with Gasteiger partial charge in [0.2, 0.25) is 11.1 Å². The molecular formula is C15H15ClN4O5S. The van der Waals surface area contributed by atoms with Crippen LogP contribution >= 0.6 is 23.8 Å². The lowest BCUT2D eigenvalue weighted by Gasteiger charge is -2.25. The Kier molecular flexibility index (Phi) is 4.43.